The van der Waals surface area contributed by atoms with Gasteiger partial charge in [-0.1, -0.05) is 13.0 Å². The lowest BCUT2D eigenvalue weighted by molar-refractivity contribution is -0.144. The highest BCUT2D eigenvalue weighted by Gasteiger charge is 2.21. The summed E-state index contributed by atoms with van der Waals surface area (Å²) in [4.78, 5) is 15.2. The maximum Gasteiger partial charge on any atom is 0.360 e. The number of pyridine rings is 1. The first-order valence-corrected chi connectivity index (χ1v) is 10.5. The Morgan fingerprint density at radius 3 is 2.56 bits per heavy atom. The highest BCUT2D eigenvalue weighted by molar-refractivity contribution is 5.86. The van der Waals surface area contributed by atoms with Crippen molar-refractivity contribution in [2.24, 2.45) is 5.73 Å². The zero-order valence-corrected chi connectivity index (χ0v) is 18.4. The van der Waals surface area contributed by atoms with E-state index in [1.807, 2.05) is 11.5 Å². The molecule has 0 aliphatic carbocycles. The summed E-state index contributed by atoms with van der Waals surface area (Å²) in [6.45, 7) is 2.24. The van der Waals surface area contributed by atoms with Gasteiger partial charge in [0.2, 0.25) is 12.2 Å². The van der Waals surface area contributed by atoms with Gasteiger partial charge < -0.3 is 30.6 Å². The van der Waals surface area contributed by atoms with Gasteiger partial charge in [0.15, 0.2) is 5.75 Å². The van der Waals surface area contributed by atoms with Gasteiger partial charge in [-0.3, -0.25) is 5.73 Å². The summed E-state index contributed by atoms with van der Waals surface area (Å²) >= 11 is 0. The predicted octanol–water partition coefficient (Wildman–Crippen LogP) is 3.49. The summed E-state index contributed by atoms with van der Waals surface area (Å²) in [6.07, 6.45) is -0.989. The number of aliphatic carboxylic acids is 1. The number of ether oxygens (including phenoxy) is 2. The minimum Gasteiger partial charge on any atom is -0.477 e. The number of carboxylic acid groups (broad SMARTS) is 1. The molecule has 9 nitrogen and oxygen atoms in total. The van der Waals surface area contributed by atoms with E-state index < -0.39 is 18.1 Å². The number of halogens is 1. The number of hydrogen-bond acceptors (Lipinski definition) is 7. The van der Waals surface area contributed by atoms with E-state index in [0.29, 0.717) is 34.6 Å². The Labute approximate surface area is 194 Å². The first-order chi connectivity index (χ1) is 16.3. The standard InChI is InChI=1S/C24H24FN5O4/c1-2-18-21(33-15-6-4-14(26)5-7-15)16-8-10-20(25)29-23(16)30(18)12-13-3-9-17(27)19(11-13)34-22(28)24(31)32/h3-11,22H,2,12,26-28H2,1H3,(H,31,32)/t22-/m0/s1. The Morgan fingerprint density at radius 1 is 1.15 bits per heavy atom. The molecule has 4 rings (SSSR count). The molecule has 1 atom stereocenters. The number of carbonyl (C=O) groups is 1. The fourth-order valence-corrected chi connectivity index (χ4v) is 3.65. The van der Waals surface area contributed by atoms with Crippen molar-refractivity contribution in [2.45, 2.75) is 26.1 Å². The van der Waals surface area contributed by atoms with Gasteiger partial charge in [0.25, 0.3) is 0 Å². The van der Waals surface area contributed by atoms with E-state index >= 15 is 0 Å². The molecule has 176 valence electrons. The van der Waals surface area contributed by atoms with Crippen molar-refractivity contribution in [3.63, 3.8) is 0 Å². The Bertz CT molecular complexity index is 1350. The van der Waals surface area contributed by atoms with Crippen LogP contribution in [0.25, 0.3) is 11.0 Å². The van der Waals surface area contributed by atoms with E-state index in [0.717, 1.165) is 11.3 Å². The van der Waals surface area contributed by atoms with Crippen LogP contribution in [0.3, 0.4) is 0 Å². The zero-order valence-electron chi connectivity index (χ0n) is 18.4. The topological polar surface area (TPSA) is 152 Å². The number of aromatic nitrogens is 2. The second-order valence-corrected chi connectivity index (χ2v) is 7.64. The Balaban J connectivity index is 1.77. The van der Waals surface area contributed by atoms with Crippen molar-refractivity contribution in [1.29, 1.82) is 0 Å². The average Bonchev–Trinajstić information content (AvgIpc) is 3.08. The van der Waals surface area contributed by atoms with Crippen molar-refractivity contribution in [2.75, 3.05) is 11.5 Å². The first-order valence-electron chi connectivity index (χ1n) is 10.5. The molecule has 0 saturated carbocycles. The third kappa shape index (κ3) is 4.57. The Morgan fingerprint density at radius 2 is 1.88 bits per heavy atom. The summed E-state index contributed by atoms with van der Waals surface area (Å²) in [5, 5.41) is 9.68. The SMILES string of the molecule is CCc1c(Oc2ccc(N)cc2)c2ccc(F)nc2n1Cc1ccc(N)c(O[C@H](N)C(=O)O)c1. The lowest BCUT2D eigenvalue weighted by Crippen LogP contribution is -2.36. The number of nitrogens with two attached hydrogens (primary N) is 3. The molecule has 2 aromatic carbocycles. The van der Waals surface area contributed by atoms with Gasteiger partial charge in [-0.05, 0) is 60.5 Å². The van der Waals surface area contributed by atoms with Crippen LogP contribution in [0.1, 0.15) is 18.2 Å². The van der Waals surface area contributed by atoms with Gasteiger partial charge in [-0.25, -0.2) is 9.78 Å². The molecule has 0 spiro atoms. The first kappa shape index (κ1) is 22.9. The molecule has 34 heavy (non-hydrogen) atoms. The van der Waals surface area contributed by atoms with Crippen molar-refractivity contribution in [3.8, 4) is 17.2 Å². The number of nitrogens with zero attached hydrogens (tertiary/aromatic N) is 2. The highest BCUT2D eigenvalue weighted by atomic mass is 19.1. The fourth-order valence-electron chi connectivity index (χ4n) is 3.65. The Kier molecular flexibility index (Phi) is 6.24. The van der Waals surface area contributed by atoms with Gasteiger partial charge in [0, 0.05) is 12.2 Å². The molecule has 10 heteroatoms. The molecular weight excluding hydrogens is 441 g/mol. The fraction of sp³-hybridized carbons (Fsp3) is 0.167. The molecule has 0 amide bonds. The van der Waals surface area contributed by atoms with Crippen molar-refractivity contribution in [1.82, 2.24) is 9.55 Å². The van der Waals surface area contributed by atoms with E-state index in [2.05, 4.69) is 4.98 Å². The molecule has 2 heterocycles. The number of hydrogen-bond donors (Lipinski definition) is 4. The number of anilines is 2. The third-order valence-electron chi connectivity index (χ3n) is 5.28. The summed E-state index contributed by atoms with van der Waals surface area (Å²) in [7, 11) is 0. The lowest BCUT2D eigenvalue weighted by Gasteiger charge is -2.15. The van der Waals surface area contributed by atoms with Crippen LogP contribution >= 0.6 is 0 Å². The van der Waals surface area contributed by atoms with Gasteiger partial charge in [0.1, 0.15) is 17.1 Å². The molecule has 0 saturated heterocycles. The number of fused-ring (bicyclic) bond motifs is 1. The van der Waals surface area contributed by atoms with Crippen molar-refractivity contribution < 1.29 is 23.8 Å². The monoisotopic (exact) mass is 465 g/mol. The quantitative estimate of drug-likeness (QED) is 0.175. The largest absolute Gasteiger partial charge is 0.477 e. The molecule has 4 aromatic rings. The van der Waals surface area contributed by atoms with Crippen LogP contribution in [0.4, 0.5) is 15.8 Å². The van der Waals surface area contributed by atoms with Crippen molar-refractivity contribution in [3.05, 3.63) is 71.8 Å². The van der Waals surface area contributed by atoms with Crippen LogP contribution in [0.5, 0.6) is 17.2 Å². The van der Waals surface area contributed by atoms with E-state index in [1.165, 1.54) is 6.07 Å². The van der Waals surface area contributed by atoms with Crippen LogP contribution in [-0.2, 0) is 17.8 Å². The van der Waals surface area contributed by atoms with Crippen LogP contribution < -0.4 is 26.7 Å². The molecule has 0 radical (unpaired) electrons. The lowest BCUT2D eigenvalue weighted by atomic mass is 10.2. The van der Waals surface area contributed by atoms with E-state index in [9.17, 15) is 9.18 Å². The molecule has 0 aliphatic rings. The van der Waals surface area contributed by atoms with E-state index in [4.69, 9.17) is 31.8 Å². The van der Waals surface area contributed by atoms with Crippen LogP contribution in [0.2, 0.25) is 0 Å². The molecule has 0 bridgehead atoms. The third-order valence-corrected chi connectivity index (χ3v) is 5.28. The second kappa shape index (κ2) is 9.28. The van der Waals surface area contributed by atoms with Gasteiger partial charge >= 0.3 is 5.97 Å². The van der Waals surface area contributed by atoms with Gasteiger partial charge in [-0.15, -0.1) is 0 Å². The maximum absolute atomic E-state index is 14.1. The minimum absolute atomic E-state index is 0.138. The number of rotatable bonds is 8. The average molecular weight is 465 g/mol. The maximum atomic E-state index is 14.1. The normalized spacial score (nSPS) is 12.0. The van der Waals surface area contributed by atoms with Crippen LogP contribution in [-0.4, -0.2) is 26.9 Å². The molecular formula is C24H24FN5O4. The Hall–Kier alpha value is -4.31. The van der Waals surface area contributed by atoms with Crippen LogP contribution in [0, 0.1) is 5.95 Å². The molecule has 2 aromatic heterocycles. The molecule has 7 N–H and O–H groups in total. The molecule has 0 aliphatic heterocycles. The minimum atomic E-state index is -1.56. The summed E-state index contributed by atoms with van der Waals surface area (Å²) < 4.78 is 27.4. The van der Waals surface area contributed by atoms with E-state index in [-0.39, 0.29) is 18.0 Å². The number of carboxylic acids is 1. The zero-order chi connectivity index (χ0) is 24.4. The van der Waals surface area contributed by atoms with Crippen molar-refractivity contribution >= 4 is 28.4 Å². The van der Waals surface area contributed by atoms with Crippen LogP contribution in [0.15, 0.2) is 54.6 Å². The number of nitrogen functional groups attached to an aromatic ring is 2. The van der Waals surface area contributed by atoms with E-state index in [1.54, 1.807) is 48.5 Å². The molecule has 0 fully saturated rings. The highest BCUT2D eigenvalue weighted by Crippen LogP contribution is 2.37. The smallest absolute Gasteiger partial charge is 0.360 e. The summed E-state index contributed by atoms with van der Waals surface area (Å²) in [5.74, 6) is -0.660. The van der Waals surface area contributed by atoms with Gasteiger partial charge in [-0.2, -0.15) is 4.39 Å². The summed E-state index contributed by atoms with van der Waals surface area (Å²) in [6, 6.07) is 14.8. The molecule has 0 unspecified atom stereocenters. The van der Waals surface area contributed by atoms with Gasteiger partial charge in [0.05, 0.1) is 16.8 Å². The predicted molar refractivity (Wildman–Crippen MR) is 126 cm³/mol. The summed E-state index contributed by atoms with van der Waals surface area (Å²) in [5.41, 5.74) is 20.0. The second-order valence-electron chi connectivity index (χ2n) is 7.64. The number of benzene rings is 2.